The summed E-state index contributed by atoms with van der Waals surface area (Å²) < 4.78 is 0. The highest BCUT2D eigenvalue weighted by Crippen LogP contribution is 2.33. The Morgan fingerprint density at radius 1 is 1.00 bits per heavy atom. The predicted octanol–water partition coefficient (Wildman–Crippen LogP) is 4.01. The first-order valence-electron chi connectivity index (χ1n) is 6.84. The lowest BCUT2D eigenvalue weighted by Crippen LogP contribution is -1.89. The summed E-state index contributed by atoms with van der Waals surface area (Å²) >= 11 is 0. The Bertz CT molecular complexity index is 885. The number of rotatable bonds is 2. The van der Waals surface area contributed by atoms with Crippen molar-refractivity contribution >= 4 is 22.7 Å². The van der Waals surface area contributed by atoms with Gasteiger partial charge in [-0.25, -0.2) is 4.98 Å². The van der Waals surface area contributed by atoms with Crippen LogP contribution >= 0.6 is 0 Å². The summed E-state index contributed by atoms with van der Waals surface area (Å²) in [6.07, 6.45) is 1.48. The molecule has 0 saturated heterocycles. The second-order valence-electron chi connectivity index (χ2n) is 5.06. The summed E-state index contributed by atoms with van der Waals surface area (Å²) in [6.45, 7) is 1.58. The molecular formula is C18H15NO3. The van der Waals surface area contributed by atoms with Crippen molar-refractivity contribution in [3.05, 3.63) is 65.4 Å². The van der Waals surface area contributed by atoms with Crippen molar-refractivity contribution < 1.29 is 15.3 Å². The number of hydrogen-bond acceptors (Lipinski definition) is 4. The van der Waals surface area contributed by atoms with Crippen LogP contribution in [-0.2, 0) is 0 Å². The topological polar surface area (TPSA) is 73.6 Å². The zero-order chi connectivity index (χ0) is 15.7. The molecule has 4 nitrogen and oxygen atoms in total. The molecule has 3 N–H and O–H groups in total. The van der Waals surface area contributed by atoms with Gasteiger partial charge in [-0.2, -0.15) is 0 Å². The molecule has 110 valence electrons. The smallest absolute Gasteiger partial charge is 0.133 e. The van der Waals surface area contributed by atoms with E-state index in [1.807, 2.05) is 30.3 Å². The van der Waals surface area contributed by atoms with Crippen LogP contribution in [0.1, 0.15) is 16.8 Å². The van der Waals surface area contributed by atoms with Crippen LogP contribution in [0.2, 0.25) is 0 Å². The van der Waals surface area contributed by atoms with E-state index in [9.17, 15) is 15.3 Å². The summed E-state index contributed by atoms with van der Waals surface area (Å²) in [4.78, 5) is 4.44. The van der Waals surface area contributed by atoms with E-state index in [1.54, 1.807) is 13.0 Å². The fourth-order valence-corrected chi connectivity index (χ4v) is 2.28. The van der Waals surface area contributed by atoms with Crippen LogP contribution in [-0.4, -0.2) is 20.3 Å². The zero-order valence-corrected chi connectivity index (χ0v) is 12.0. The maximum absolute atomic E-state index is 10.2. The lowest BCUT2D eigenvalue weighted by atomic mass is 10.1. The van der Waals surface area contributed by atoms with E-state index in [0.717, 1.165) is 10.9 Å². The van der Waals surface area contributed by atoms with Crippen LogP contribution in [0, 0.1) is 6.92 Å². The molecule has 4 heteroatoms. The quantitative estimate of drug-likeness (QED) is 0.624. The molecule has 0 aliphatic carbocycles. The fourth-order valence-electron chi connectivity index (χ4n) is 2.28. The highest BCUT2D eigenvalue weighted by Gasteiger charge is 2.11. The van der Waals surface area contributed by atoms with Gasteiger partial charge in [0, 0.05) is 17.0 Å². The van der Waals surface area contributed by atoms with Gasteiger partial charge in [-0.15, -0.1) is 0 Å². The summed E-state index contributed by atoms with van der Waals surface area (Å²) in [5.74, 6) is -0.268. The highest BCUT2D eigenvalue weighted by atomic mass is 16.3. The van der Waals surface area contributed by atoms with Gasteiger partial charge in [0.25, 0.3) is 0 Å². The summed E-state index contributed by atoms with van der Waals surface area (Å²) in [6, 6.07) is 14.3. The van der Waals surface area contributed by atoms with E-state index in [2.05, 4.69) is 4.98 Å². The number of pyridine rings is 1. The monoisotopic (exact) mass is 293 g/mol. The third-order valence-electron chi connectivity index (χ3n) is 3.58. The summed E-state index contributed by atoms with van der Waals surface area (Å²) in [5.41, 5.74) is 1.99. The number of aromatic hydroxyl groups is 2. The van der Waals surface area contributed by atoms with Crippen LogP contribution < -0.4 is 0 Å². The van der Waals surface area contributed by atoms with Gasteiger partial charge in [-0.1, -0.05) is 24.3 Å². The molecule has 0 atom stereocenters. The Labute approximate surface area is 127 Å². The van der Waals surface area contributed by atoms with E-state index < -0.39 is 0 Å². The van der Waals surface area contributed by atoms with Gasteiger partial charge in [0.15, 0.2) is 0 Å². The largest absolute Gasteiger partial charge is 0.508 e. The highest BCUT2D eigenvalue weighted by molar-refractivity contribution is 5.83. The van der Waals surface area contributed by atoms with Crippen LogP contribution in [0.15, 0.2) is 48.5 Å². The molecule has 0 bridgehead atoms. The molecule has 0 fully saturated rings. The van der Waals surface area contributed by atoms with Gasteiger partial charge in [0.1, 0.15) is 17.3 Å². The van der Waals surface area contributed by atoms with E-state index in [1.165, 1.54) is 18.2 Å². The third-order valence-corrected chi connectivity index (χ3v) is 3.58. The van der Waals surface area contributed by atoms with Crippen molar-refractivity contribution in [2.24, 2.45) is 0 Å². The lowest BCUT2D eigenvalue weighted by molar-refractivity contribution is 0.436. The average molecular weight is 293 g/mol. The molecular weight excluding hydrogens is 278 g/mol. The number of aliphatic hydroxyl groups is 1. The number of phenolic OH excluding ortho intramolecular Hbond substituents is 2. The fraction of sp³-hybridized carbons (Fsp3) is 0.0556. The Morgan fingerprint density at radius 2 is 1.77 bits per heavy atom. The molecule has 1 heterocycles. The second kappa shape index (κ2) is 5.41. The van der Waals surface area contributed by atoms with Crippen LogP contribution in [0.5, 0.6) is 11.5 Å². The van der Waals surface area contributed by atoms with Crippen LogP contribution in [0.3, 0.4) is 0 Å². The van der Waals surface area contributed by atoms with Gasteiger partial charge in [-0.05, 0) is 31.2 Å². The first-order valence-corrected chi connectivity index (χ1v) is 6.84. The van der Waals surface area contributed by atoms with Crippen molar-refractivity contribution in [1.29, 1.82) is 0 Å². The Kier molecular flexibility index (Phi) is 3.43. The van der Waals surface area contributed by atoms with Crippen molar-refractivity contribution in [1.82, 2.24) is 4.98 Å². The molecule has 3 aromatic rings. The van der Waals surface area contributed by atoms with Gasteiger partial charge in [0.05, 0.1) is 16.8 Å². The van der Waals surface area contributed by atoms with E-state index in [4.69, 9.17) is 0 Å². The number of para-hydroxylation sites is 1. The molecule has 0 aliphatic heterocycles. The lowest BCUT2D eigenvalue weighted by Gasteiger charge is -2.08. The number of phenols is 2. The second-order valence-corrected chi connectivity index (χ2v) is 5.06. The molecule has 0 unspecified atom stereocenters. The van der Waals surface area contributed by atoms with Gasteiger partial charge < -0.3 is 15.3 Å². The number of nitrogens with zero attached hydrogens (tertiary/aromatic N) is 1. The first kappa shape index (κ1) is 13.9. The molecule has 0 amide bonds. The van der Waals surface area contributed by atoms with Crippen molar-refractivity contribution in [3.63, 3.8) is 0 Å². The first-order chi connectivity index (χ1) is 10.6. The van der Waals surface area contributed by atoms with Crippen LogP contribution in [0.25, 0.3) is 22.7 Å². The van der Waals surface area contributed by atoms with Crippen LogP contribution in [0.4, 0.5) is 0 Å². The molecule has 22 heavy (non-hydrogen) atoms. The molecule has 2 aromatic carbocycles. The minimum Gasteiger partial charge on any atom is -0.508 e. The van der Waals surface area contributed by atoms with E-state index >= 15 is 0 Å². The van der Waals surface area contributed by atoms with Crippen molar-refractivity contribution in [2.45, 2.75) is 6.92 Å². The Morgan fingerprint density at radius 3 is 2.59 bits per heavy atom. The van der Waals surface area contributed by atoms with Crippen molar-refractivity contribution in [2.75, 3.05) is 0 Å². The summed E-state index contributed by atoms with van der Waals surface area (Å²) in [7, 11) is 0. The minimum absolute atomic E-state index is 0.0159. The normalized spacial score (nSPS) is 11.8. The van der Waals surface area contributed by atoms with Crippen molar-refractivity contribution in [3.8, 4) is 11.5 Å². The predicted molar refractivity (Wildman–Crippen MR) is 86.8 cm³/mol. The third kappa shape index (κ3) is 2.46. The van der Waals surface area contributed by atoms with Gasteiger partial charge in [-0.3, -0.25) is 0 Å². The number of benzene rings is 2. The van der Waals surface area contributed by atoms with Gasteiger partial charge >= 0.3 is 0 Å². The summed E-state index contributed by atoms with van der Waals surface area (Å²) in [5, 5.41) is 30.8. The number of fused-ring (bicyclic) bond motifs is 1. The Hall–Kier alpha value is -3.01. The van der Waals surface area contributed by atoms with E-state index in [-0.39, 0.29) is 22.8 Å². The zero-order valence-electron chi connectivity index (χ0n) is 12.0. The standard InChI is InChI=1S/C18H15NO3/c1-11-16(20)9-8-14(18(11)22)17(21)10-13-7-6-12-4-2-3-5-15(12)19-13/h2-10,20-22H,1H3. The molecule has 0 radical (unpaired) electrons. The van der Waals surface area contributed by atoms with E-state index in [0.29, 0.717) is 11.3 Å². The molecule has 0 saturated carbocycles. The molecule has 0 spiro atoms. The molecule has 1 aromatic heterocycles. The maximum atomic E-state index is 10.2. The minimum atomic E-state index is -0.144. The number of aromatic nitrogens is 1. The SMILES string of the molecule is Cc1c(O)ccc(C(O)=Cc2ccc3ccccc3n2)c1O. The molecule has 3 rings (SSSR count). The maximum Gasteiger partial charge on any atom is 0.133 e. The van der Waals surface area contributed by atoms with Gasteiger partial charge in [0.2, 0.25) is 0 Å². The number of aliphatic hydroxyl groups excluding tert-OH is 1. The molecule has 0 aliphatic rings. The Balaban J connectivity index is 2.04. The average Bonchev–Trinajstić information content (AvgIpc) is 2.52. The number of hydrogen-bond donors (Lipinski definition) is 3.